The highest BCUT2D eigenvalue weighted by Crippen LogP contribution is 2.56. The van der Waals surface area contributed by atoms with Gasteiger partial charge < -0.3 is 44.6 Å². The summed E-state index contributed by atoms with van der Waals surface area (Å²) in [6, 6.07) is 0. The first-order valence-electron chi connectivity index (χ1n) is 29.8. The highest BCUT2D eigenvalue weighted by atomic mass is 127. The monoisotopic (exact) mass is 1260 g/mol. The fourth-order valence-electron chi connectivity index (χ4n) is 14.1. The van der Waals surface area contributed by atoms with Crippen LogP contribution < -0.4 is 0 Å². The molecule has 7 aliphatic carbocycles. The summed E-state index contributed by atoms with van der Waals surface area (Å²) >= 11 is 3.63. The molecule has 0 aromatic rings. The third kappa shape index (κ3) is 15.4. The molecule has 0 N–H and O–H groups in total. The largest absolute Gasteiger partial charge is 0.500 e. The SMILES string of the molecule is C=C(C)C(=O)OCCCSO[Si]1(C2CCCCC2)O[Si](OI)(C2CCCCC2)O[Si](OC)(C2CCCCC2)O[SiH](C2CCCCC2)O[Si@@](C)(C2CCCCC2)O[Si](O[SiH2]C2CCCCC2)(C2CCCCC2)O1. The van der Waals surface area contributed by atoms with Gasteiger partial charge in [-0.3, -0.25) is 0 Å². The van der Waals surface area contributed by atoms with Crippen LogP contribution in [0.2, 0.25) is 45.3 Å². The number of carbonyl (C=O) groups is 1. The highest BCUT2D eigenvalue weighted by molar-refractivity contribution is 14.1. The molecule has 414 valence electrons. The normalized spacial score (nSPS) is 36.2. The average molecular weight is 1260 g/mol. The van der Waals surface area contributed by atoms with Crippen LogP contribution in [0.3, 0.4) is 0 Å². The Morgan fingerprint density at radius 3 is 1.51 bits per heavy atom. The number of carbonyl (C=O) groups excluding carboxylic acids is 1. The summed E-state index contributed by atoms with van der Waals surface area (Å²) in [5.74, 6) is 0.248. The van der Waals surface area contributed by atoms with Gasteiger partial charge in [0.15, 0.2) is 9.76 Å². The minimum Gasteiger partial charge on any atom is -0.462 e. The summed E-state index contributed by atoms with van der Waals surface area (Å²) in [7, 11) is -20.5. The summed E-state index contributed by atoms with van der Waals surface area (Å²) in [6.07, 6.45) is 40.4. The molecular formula is C51H97IO12SSi7. The Bertz CT molecular complexity index is 1650. The molecule has 21 heteroatoms. The molecule has 8 rings (SSSR count). The first-order valence-corrected chi connectivity index (χ1v) is 44.2. The van der Waals surface area contributed by atoms with Crippen LogP contribution in [0.25, 0.3) is 0 Å². The number of halogens is 1. The van der Waals surface area contributed by atoms with E-state index >= 15 is 0 Å². The maximum atomic E-state index is 12.5. The van der Waals surface area contributed by atoms with E-state index in [0.717, 1.165) is 128 Å². The molecule has 0 bridgehead atoms. The fraction of sp³-hybridized carbons (Fsp3) is 0.941. The molecule has 8 fully saturated rings. The molecule has 12 nitrogen and oxygen atoms in total. The molecule has 1 heterocycles. The first-order chi connectivity index (χ1) is 35.1. The second-order valence-corrected chi connectivity index (χ2v) is 47.4. The number of ether oxygens (including phenoxy) is 1. The molecule has 0 radical (unpaired) electrons. The third-order valence-electron chi connectivity index (χ3n) is 18.4. The lowest BCUT2D eigenvalue weighted by Gasteiger charge is -2.54. The van der Waals surface area contributed by atoms with Gasteiger partial charge in [-0.05, 0) is 120 Å². The molecule has 72 heavy (non-hydrogen) atoms. The van der Waals surface area contributed by atoms with Gasteiger partial charge in [0.1, 0.15) is 23.0 Å². The highest BCUT2D eigenvalue weighted by Gasteiger charge is 2.72. The summed E-state index contributed by atoms with van der Waals surface area (Å²) in [6.45, 7) is 8.27. The van der Waals surface area contributed by atoms with E-state index in [1.165, 1.54) is 108 Å². The summed E-state index contributed by atoms with van der Waals surface area (Å²) in [5.41, 5.74) is 1.97. The fourth-order valence-corrected chi connectivity index (χ4v) is 55.1. The van der Waals surface area contributed by atoms with Crippen LogP contribution in [0, 0.1) is 0 Å². The van der Waals surface area contributed by atoms with Crippen molar-refractivity contribution in [2.24, 2.45) is 0 Å². The zero-order chi connectivity index (χ0) is 50.3. The quantitative estimate of drug-likeness (QED) is 0.0324. The van der Waals surface area contributed by atoms with Gasteiger partial charge in [0.2, 0.25) is 0 Å². The van der Waals surface area contributed by atoms with E-state index in [2.05, 4.69) is 36.1 Å². The van der Waals surface area contributed by atoms with Gasteiger partial charge >= 0.3 is 59.0 Å². The second-order valence-electron chi connectivity index (χ2n) is 23.8. The van der Waals surface area contributed by atoms with Gasteiger partial charge in [-0.2, -0.15) is 0 Å². The van der Waals surface area contributed by atoms with Crippen LogP contribution in [-0.2, 0) is 49.4 Å². The molecule has 0 amide bonds. The Kier molecular flexibility index (Phi) is 24.2. The van der Waals surface area contributed by atoms with Crippen molar-refractivity contribution in [2.45, 2.75) is 283 Å². The Morgan fingerprint density at radius 2 is 1.01 bits per heavy atom. The molecule has 1 saturated heterocycles. The minimum absolute atomic E-state index is 0.00894. The first kappa shape index (κ1) is 59.5. The summed E-state index contributed by atoms with van der Waals surface area (Å²) in [5, 5.41) is 0. The van der Waals surface area contributed by atoms with Gasteiger partial charge in [-0.15, -0.1) is 0 Å². The molecule has 1 aliphatic heterocycles. The Labute approximate surface area is 464 Å². The lowest BCUT2D eigenvalue weighted by molar-refractivity contribution is -0.138. The predicted octanol–water partition coefficient (Wildman–Crippen LogP) is 15.2. The zero-order valence-corrected chi connectivity index (χ0v) is 55.6. The molecule has 6 atom stereocenters. The topological polar surface area (TPSA) is 119 Å². The van der Waals surface area contributed by atoms with E-state index in [4.69, 9.17) is 44.6 Å². The standard InChI is InChI=1S/C51H97IO12SSi7/c1-43(2)51(53)55-41-26-42-65-57-71(49-37-22-10-23-38-49)63-70(56-52,48-35-20-9-21-36-48)62-69(54-3,47-33-18-8-19-34-47)60-67(45-29-14-6-15-30-45)59-68(4,46-31-16-7-17-32-46)61-72(64-71,50-39-24-11-25-40-50)58-66-44-27-12-5-13-28-44/h44-50,67H,1,5-42,66H2,2-4H3/t67?,68-,69?,70?,71?,72?/m1/s1. The zero-order valence-electron chi connectivity index (χ0n) is 45.1. The average Bonchev–Trinajstić information content (AvgIpc) is 3.44. The van der Waals surface area contributed by atoms with Gasteiger partial charge in [-0.1, -0.05) is 154 Å². The van der Waals surface area contributed by atoms with Crippen molar-refractivity contribution in [3.05, 3.63) is 12.2 Å². The maximum Gasteiger partial charge on any atom is 0.500 e. The molecule has 5 unspecified atom stereocenters. The van der Waals surface area contributed by atoms with Crippen LogP contribution >= 0.6 is 35.0 Å². The Morgan fingerprint density at radius 1 is 0.583 bits per heavy atom. The van der Waals surface area contributed by atoms with E-state index in [9.17, 15) is 4.79 Å². The van der Waals surface area contributed by atoms with Gasteiger partial charge in [-0.25, -0.2) is 4.79 Å². The Hall–Kier alpha value is 1.41. The van der Waals surface area contributed by atoms with E-state index in [0.29, 0.717) is 34.4 Å². The lowest BCUT2D eigenvalue weighted by Crippen LogP contribution is -2.73. The van der Waals surface area contributed by atoms with E-state index in [1.807, 2.05) is 7.11 Å². The van der Waals surface area contributed by atoms with Crippen LogP contribution in [-0.4, -0.2) is 88.3 Å². The molecular weight excluding hydrogens is 1160 g/mol. The van der Waals surface area contributed by atoms with E-state index in [1.54, 1.807) is 6.92 Å². The molecule has 7 saturated carbocycles. The van der Waals surface area contributed by atoms with Crippen LogP contribution in [0.4, 0.5) is 0 Å². The Balaban J connectivity index is 1.35. The van der Waals surface area contributed by atoms with Crippen molar-refractivity contribution in [1.82, 2.24) is 0 Å². The van der Waals surface area contributed by atoms with E-state index in [-0.39, 0.29) is 34.7 Å². The van der Waals surface area contributed by atoms with Crippen molar-refractivity contribution in [1.29, 1.82) is 0 Å². The molecule has 8 aliphatic rings. The van der Waals surface area contributed by atoms with Gasteiger partial charge in [0, 0.05) is 46.1 Å². The second kappa shape index (κ2) is 29.2. The summed E-state index contributed by atoms with van der Waals surface area (Å²) < 4.78 is 86.7. The molecule has 0 aromatic heterocycles. The predicted molar refractivity (Wildman–Crippen MR) is 312 cm³/mol. The van der Waals surface area contributed by atoms with Crippen LogP contribution in [0.1, 0.15) is 238 Å². The molecule has 0 spiro atoms. The number of rotatable bonds is 18. The smallest absolute Gasteiger partial charge is 0.462 e. The van der Waals surface area contributed by atoms with Gasteiger partial charge in [0.05, 0.1) is 6.61 Å². The van der Waals surface area contributed by atoms with Crippen molar-refractivity contribution in [3.63, 3.8) is 0 Å². The van der Waals surface area contributed by atoms with Crippen molar-refractivity contribution >= 4 is 104 Å². The van der Waals surface area contributed by atoms with E-state index < -0.39 is 62.8 Å². The van der Waals surface area contributed by atoms with Crippen molar-refractivity contribution < 1.29 is 49.4 Å². The number of hydrogen-bond donors (Lipinski definition) is 0. The van der Waals surface area contributed by atoms with Crippen LogP contribution in [0.15, 0.2) is 12.2 Å². The summed E-state index contributed by atoms with van der Waals surface area (Å²) in [4.78, 5) is 12.5. The van der Waals surface area contributed by atoms with Crippen LogP contribution in [0.5, 0.6) is 0 Å². The third-order valence-corrected chi connectivity index (χ3v) is 50.9. The van der Waals surface area contributed by atoms with Crippen molar-refractivity contribution in [2.75, 3.05) is 19.5 Å². The van der Waals surface area contributed by atoms with Crippen molar-refractivity contribution in [3.8, 4) is 0 Å². The maximum absolute atomic E-state index is 12.5. The lowest BCUT2D eigenvalue weighted by atomic mass is 10.0. The molecule has 0 aromatic carbocycles. The minimum atomic E-state index is -4.02. The van der Waals surface area contributed by atoms with Gasteiger partial charge in [0.25, 0.3) is 0 Å². The number of hydrogen-bond acceptors (Lipinski definition) is 13. The number of esters is 1.